The second-order valence-electron chi connectivity index (χ2n) is 4.78. The molecule has 1 aromatic heterocycles. The van der Waals surface area contributed by atoms with E-state index in [0.29, 0.717) is 31.4 Å². The fraction of sp³-hybridized carbons (Fsp3) is 0.818. The number of fused-ring (bicyclic) bond motifs is 1. The molecule has 2 rings (SSSR count). The molecule has 4 nitrogen and oxygen atoms in total. The number of rotatable bonds is 4. The van der Waals surface area contributed by atoms with Crippen molar-refractivity contribution >= 4 is 12.6 Å². The molecule has 19 heavy (non-hydrogen) atoms. The second-order valence-corrected chi connectivity index (χ2v) is 5.15. The zero-order valence-corrected chi connectivity index (χ0v) is 11.6. The Hall–Kier alpha value is -0.760. The van der Waals surface area contributed by atoms with E-state index in [2.05, 4.69) is 34.6 Å². The van der Waals surface area contributed by atoms with E-state index in [4.69, 9.17) is 0 Å². The Balaban J connectivity index is 2.07. The summed E-state index contributed by atoms with van der Waals surface area (Å²) in [4.78, 5) is 2.12. The summed E-state index contributed by atoms with van der Waals surface area (Å²) in [5, 5.41) is 6.93. The van der Waals surface area contributed by atoms with Crippen LogP contribution >= 0.6 is 12.6 Å². The van der Waals surface area contributed by atoms with Crippen LogP contribution in [-0.4, -0.2) is 38.5 Å². The normalized spacial score (nSPS) is 18.4. The molecule has 0 spiro atoms. The highest BCUT2D eigenvalue weighted by atomic mass is 32.1. The molecule has 0 amide bonds. The molecule has 1 aliphatic rings. The molecule has 108 valence electrons. The molecule has 1 atom stereocenters. The summed E-state index contributed by atoms with van der Waals surface area (Å²) in [6.45, 7) is 4.25. The second kappa shape index (κ2) is 5.70. The Morgan fingerprint density at radius 1 is 1.32 bits per heavy atom. The van der Waals surface area contributed by atoms with Crippen LogP contribution in [0, 0.1) is 5.92 Å². The summed E-state index contributed by atoms with van der Waals surface area (Å²) in [5.41, 5.74) is 0. The average molecular weight is 294 g/mol. The van der Waals surface area contributed by atoms with Crippen LogP contribution in [0.3, 0.4) is 0 Å². The van der Waals surface area contributed by atoms with Crippen molar-refractivity contribution in [3.63, 3.8) is 0 Å². The lowest BCUT2D eigenvalue weighted by molar-refractivity contribution is -0.148. The minimum Gasteiger partial charge on any atom is -0.305 e. The van der Waals surface area contributed by atoms with Crippen molar-refractivity contribution in [1.29, 1.82) is 0 Å². The smallest absolute Gasteiger partial charge is 0.305 e. The van der Waals surface area contributed by atoms with Crippen molar-refractivity contribution in [1.82, 2.24) is 19.7 Å². The number of aromatic nitrogens is 3. The van der Waals surface area contributed by atoms with Crippen LogP contribution in [0.5, 0.6) is 0 Å². The van der Waals surface area contributed by atoms with Gasteiger partial charge in [-0.25, -0.2) is 0 Å². The van der Waals surface area contributed by atoms with Crippen molar-refractivity contribution in [2.75, 3.05) is 18.8 Å². The first-order chi connectivity index (χ1) is 8.95. The number of hydrogen-bond donors (Lipinski definition) is 1. The summed E-state index contributed by atoms with van der Waals surface area (Å²) in [7, 11) is 0. The molecule has 0 saturated heterocycles. The highest BCUT2D eigenvalue weighted by molar-refractivity contribution is 7.80. The van der Waals surface area contributed by atoms with Gasteiger partial charge in [0.2, 0.25) is 5.82 Å². The van der Waals surface area contributed by atoms with Crippen molar-refractivity contribution in [3.8, 4) is 0 Å². The molecule has 1 unspecified atom stereocenters. The number of hydrogen-bond acceptors (Lipinski definition) is 4. The maximum absolute atomic E-state index is 12.7. The fourth-order valence-electron chi connectivity index (χ4n) is 2.25. The molecule has 0 saturated carbocycles. The summed E-state index contributed by atoms with van der Waals surface area (Å²) in [6.07, 6.45) is -3.41. The maximum Gasteiger partial charge on any atom is 0.451 e. The Kier molecular flexibility index (Phi) is 4.39. The molecule has 0 radical (unpaired) electrons. The van der Waals surface area contributed by atoms with E-state index in [-0.39, 0.29) is 0 Å². The molecule has 0 N–H and O–H groups in total. The van der Waals surface area contributed by atoms with Crippen LogP contribution in [0.15, 0.2) is 0 Å². The lowest BCUT2D eigenvalue weighted by Gasteiger charge is -2.30. The minimum atomic E-state index is -4.43. The van der Waals surface area contributed by atoms with Gasteiger partial charge in [0.05, 0.1) is 6.54 Å². The van der Waals surface area contributed by atoms with Crippen molar-refractivity contribution in [2.24, 2.45) is 5.92 Å². The van der Waals surface area contributed by atoms with Crippen LogP contribution in [0.25, 0.3) is 0 Å². The van der Waals surface area contributed by atoms with Gasteiger partial charge < -0.3 is 4.57 Å². The third kappa shape index (κ3) is 3.22. The van der Waals surface area contributed by atoms with Crippen LogP contribution in [0.2, 0.25) is 0 Å². The third-order valence-electron chi connectivity index (χ3n) is 3.44. The first-order valence-electron chi connectivity index (χ1n) is 6.28. The standard InChI is InChI=1S/C11H17F3N4S/c1-2-8(7-19)5-17-3-4-18-9(6-17)15-16-10(18)11(12,13)14/h8,19H,2-7H2,1H3. The van der Waals surface area contributed by atoms with Gasteiger partial charge in [0, 0.05) is 19.6 Å². The Morgan fingerprint density at radius 3 is 2.63 bits per heavy atom. The molecule has 2 heterocycles. The van der Waals surface area contributed by atoms with Crippen LogP contribution in [0.1, 0.15) is 25.0 Å². The van der Waals surface area contributed by atoms with Crippen molar-refractivity contribution in [3.05, 3.63) is 11.6 Å². The zero-order chi connectivity index (χ0) is 14.0. The van der Waals surface area contributed by atoms with E-state index in [1.54, 1.807) is 0 Å². The van der Waals surface area contributed by atoms with Gasteiger partial charge in [-0.3, -0.25) is 4.90 Å². The summed E-state index contributed by atoms with van der Waals surface area (Å²) < 4.78 is 39.2. The maximum atomic E-state index is 12.7. The van der Waals surface area contributed by atoms with Gasteiger partial charge in [0.25, 0.3) is 0 Å². The van der Waals surface area contributed by atoms with Gasteiger partial charge in [0.15, 0.2) is 0 Å². The summed E-state index contributed by atoms with van der Waals surface area (Å²) in [6, 6.07) is 0. The molecule has 8 heteroatoms. The molecule has 0 fully saturated rings. The monoisotopic (exact) mass is 294 g/mol. The summed E-state index contributed by atoms with van der Waals surface area (Å²) in [5.74, 6) is 0.754. The van der Waals surface area contributed by atoms with E-state index < -0.39 is 12.0 Å². The minimum absolute atomic E-state index is 0.292. The molecule has 0 aromatic carbocycles. The quantitative estimate of drug-likeness (QED) is 0.863. The topological polar surface area (TPSA) is 34.0 Å². The third-order valence-corrected chi connectivity index (χ3v) is 3.95. The van der Waals surface area contributed by atoms with Gasteiger partial charge in [0.1, 0.15) is 5.82 Å². The molecule has 0 bridgehead atoms. The molecule has 1 aliphatic heterocycles. The van der Waals surface area contributed by atoms with E-state index >= 15 is 0 Å². The number of thiol groups is 1. The number of nitrogens with zero attached hydrogens (tertiary/aromatic N) is 4. The zero-order valence-electron chi connectivity index (χ0n) is 10.7. The van der Waals surface area contributed by atoms with E-state index in [1.165, 1.54) is 4.57 Å². The predicted octanol–water partition coefficient (Wildman–Crippen LogP) is 2.07. The molecular weight excluding hydrogens is 277 g/mol. The van der Waals surface area contributed by atoms with Crippen LogP contribution in [0.4, 0.5) is 13.2 Å². The SMILES string of the molecule is CCC(CS)CN1CCn2c(nnc2C(F)(F)F)C1. The van der Waals surface area contributed by atoms with Gasteiger partial charge in [-0.15, -0.1) is 10.2 Å². The van der Waals surface area contributed by atoms with Crippen LogP contribution < -0.4 is 0 Å². The largest absolute Gasteiger partial charge is 0.451 e. The van der Waals surface area contributed by atoms with Gasteiger partial charge in [-0.2, -0.15) is 25.8 Å². The number of alkyl halides is 3. The van der Waals surface area contributed by atoms with Crippen molar-refractivity contribution < 1.29 is 13.2 Å². The average Bonchev–Trinajstić information content (AvgIpc) is 2.78. The Morgan fingerprint density at radius 2 is 2.05 bits per heavy atom. The van der Waals surface area contributed by atoms with E-state index in [1.807, 2.05) is 0 Å². The Labute approximate surface area is 115 Å². The Bertz CT molecular complexity index is 428. The molecular formula is C11H17F3N4S. The van der Waals surface area contributed by atoms with Crippen LogP contribution in [-0.2, 0) is 19.3 Å². The van der Waals surface area contributed by atoms with E-state index in [9.17, 15) is 13.2 Å². The van der Waals surface area contributed by atoms with Gasteiger partial charge in [-0.1, -0.05) is 13.3 Å². The van der Waals surface area contributed by atoms with Gasteiger partial charge in [-0.05, 0) is 11.7 Å². The molecule has 1 aromatic rings. The first kappa shape index (κ1) is 14.6. The highest BCUT2D eigenvalue weighted by Gasteiger charge is 2.39. The lowest BCUT2D eigenvalue weighted by atomic mass is 10.1. The van der Waals surface area contributed by atoms with Gasteiger partial charge >= 0.3 is 6.18 Å². The predicted molar refractivity (Wildman–Crippen MR) is 67.9 cm³/mol. The molecule has 0 aliphatic carbocycles. The number of halogens is 3. The lowest BCUT2D eigenvalue weighted by Crippen LogP contribution is -2.38. The highest BCUT2D eigenvalue weighted by Crippen LogP contribution is 2.29. The fourth-order valence-corrected chi connectivity index (χ4v) is 2.63. The first-order valence-corrected chi connectivity index (χ1v) is 6.91. The van der Waals surface area contributed by atoms with E-state index in [0.717, 1.165) is 18.7 Å². The summed E-state index contributed by atoms with van der Waals surface area (Å²) >= 11 is 4.28. The van der Waals surface area contributed by atoms with Crippen molar-refractivity contribution in [2.45, 2.75) is 32.6 Å².